The van der Waals surface area contributed by atoms with Crippen LogP contribution in [0.25, 0.3) is 0 Å². The second-order valence-corrected chi connectivity index (χ2v) is 8.26. The van der Waals surface area contributed by atoms with Crippen LogP contribution in [0.15, 0.2) is 24.3 Å². The minimum absolute atomic E-state index is 0.256. The summed E-state index contributed by atoms with van der Waals surface area (Å²) in [7, 11) is -3.64. The van der Waals surface area contributed by atoms with Gasteiger partial charge in [0.05, 0.1) is 17.5 Å². The smallest absolute Gasteiger partial charge is 0.399 e. The van der Waals surface area contributed by atoms with Gasteiger partial charge in [-0.15, -0.1) is 0 Å². The Hall–Kier alpha value is -0.885. The van der Waals surface area contributed by atoms with Crippen LogP contribution in [0.5, 0.6) is 0 Å². The van der Waals surface area contributed by atoms with Crippen molar-refractivity contribution in [2.75, 3.05) is 6.26 Å². The fraction of sp³-hybridized carbons (Fsp3) is 0.571. The topological polar surface area (TPSA) is 64.6 Å². The fourth-order valence-corrected chi connectivity index (χ4v) is 2.47. The lowest BCUT2D eigenvalue weighted by Crippen LogP contribution is -2.41. The summed E-state index contributed by atoms with van der Waals surface area (Å²) in [4.78, 5) is 0. The van der Waals surface area contributed by atoms with Crippen molar-refractivity contribution in [1.29, 1.82) is 0 Å². The van der Waals surface area contributed by atoms with Crippen LogP contribution in [-0.4, -0.2) is 33.0 Å². The molecule has 0 radical (unpaired) electrons. The highest BCUT2D eigenvalue weighted by atomic mass is 32.2. The Morgan fingerprint density at radius 2 is 1.71 bits per heavy atom. The van der Waals surface area contributed by atoms with Crippen molar-refractivity contribution >= 4 is 22.6 Å². The molecule has 1 fully saturated rings. The molecule has 1 aliphatic heterocycles. The van der Waals surface area contributed by atoms with Crippen LogP contribution in [0.2, 0.25) is 0 Å². The lowest BCUT2D eigenvalue weighted by Gasteiger charge is -2.32. The molecule has 7 heteroatoms. The maximum Gasteiger partial charge on any atom is 0.494 e. The summed E-state index contributed by atoms with van der Waals surface area (Å²) >= 11 is 0. The molecule has 1 saturated heterocycles. The van der Waals surface area contributed by atoms with Gasteiger partial charge in [-0.3, -0.25) is 0 Å². The fourth-order valence-electron chi connectivity index (χ4n) is 2.04. The van der Waals surface area contributed by atoms with Crippen LogP contribution in [0, 0.1) is 0 Å². The summed E-state index contributed by atoms with van der Waals surface area (Å²) < 4.78 is 36.8. The summed E-state index contributed by atoms with van der Waals surface area (Å²) in [5.74, 6) is 0. The molecular weight excluding hydrogens is 289 g/mol. The molecule has 1 aliphatic rings. The number of hydrogen-bond donors (Lipinski definition) is 1. The second-order valence-electron chi connectivity index (χ2n) is 6.43. The SMILES string of the molecule is CC1(C)OB(c2cccc(CNS(C)(=O)=O)c2)OC1(C)C. The first-order chi connectivity index (χ1) is 9.50. The third-order valence-electron chi connectivity index (χ3n) is 4.01. The van der Waals surface area contributed by atoms with E-state index in [1.807, 2.05) is 52.0 Å². The summed E-state index contributed by atoms with van der Waals surface area (Å²) in [5.41, 5.74) is 0.978. The van der Waals surface area contributed by atoms with Gasteiger partial charge >= 0.3 is 7.12 Å². The van der Waals surface area contributed by atoms with Gasteiger partial charge in [0.2, 0.25) is 10.0 Å². The molecule has 0 bridgehead atoms. The van der Waals surface area contributed by atoms with Crippen molar-refractivity contribution in [3.63, 3.8) is 0 Å². The average Bonchev–Trinajstić information content (AvgIpc) is 2.56. The highest BCUT2D eigenvalue weighted by molar-refractivity contribution is 7.88. The van der Waals surface area contributed by atoms with Crippen LogP contribution in [-0.2, 0) is 25.9 Å². The zero-order valence-corrected chi connectivity index (χ0v) is 14.0. The number of hydrogen-bond acceptors (Lipinski definition) is 4. The molecule has 0 amide bonds. The molecule has 0 spiro atoms. The summed E-state index contributed by atoms with van der Waals surface area (Å²) in [6.07, 6.45) is 1.14. The molecule has 1 heterocycles. The van der Waals surface area contributed by atoms with E-state index in [1.165, 1.54) is 0 Å². The van der Waals surface area contributed by atoms with Gasteiger partial charge in [-0.1, -0.05) is 24.3 Å². The Bertz CT molecular complexity index is 612. The van der Waals surface area contributed by atoms with E-state index in [0.29, 0.717) is 0 Å². The van der Waals surface area contributed by atoms with Crippen LogP contribution in [0.4, 0.5) is 0 Å². The van der Waals surface area contributed by atoms with E-state index >= 15 is 0 Å². The van der Waals surface area contributed by atoms with Crippen molar-refractivity contribution in [1.82, 2.24) is 4.72 Å². The summed E-state index contributed by atoms with van der Waals surface area (Å²) in [6, 6.07) is 7.57. The van der Waals surface area contributed by atoms with Gasteiger partial charge in [0.15, 0.2) is 0 Å². The van der Waals surface area contributed by atoms with Crippen LogP contribution in [0.3, 0.4) is 0 Å². The summed E-state index contributed by atoms with van der Waals surface area (Å²) in [5, 5.41) is 0. The summed E-state index contributed by atoms with van der Waals surface area (Å²) in [6.45, 7) is 8.26. The van der Waals surface area contributed by atoms with Gasteiger partial charge in [0.25, 0.3) is 0 Å². The Balaban J connectivity index is 2.16. The van der Waals surface area contributed by atoms with E-state index in [-0.39, 0.29) is 6.54 Å². The molecule has 116 valence electrons. The first-order valence-corrected chi connectivity index (χ1v) is 8.78. The molecule has 0 unspecified atom stereocenters. The Morgan fingerprint density at radius 3 is 2.24 bits per heavy atom. The number of benzene rings is 1. The van der Waals surface area contributed by atoms with Gasteiger partial charge in [0, 0.05) is 6.54 Å². The molecule has 21 heavy (non-hydrogen) atoms. The van der Waals surface area contributed by atoms with Crippen molar-refractivity contribution in [3.8, 4) is 0 Å². The van der Waals surface area contributed by atoms with E-state index in [4.69, 9.17) is 9.31 Å². The van der Waals surface area contributed by atoms with Gasteiger partial charge in [-0.25, -0.2) is 13.1 Å². The molecule has 1 aromatic carbocycles. The molecule has 5 nitrogen and oxygen atoms in total. The van der Waals surface area contributed by atoms with Crippen molar-refractivity contribution in [3.05, 3.63) is 29.8 Å². The van der Waals surface area contributed by atoms with Gasteiger partial charge in [-0.2, -0.15) is 0 Å². The third kappa shape index (κ3) is 3.85. The molecular formula is C14H22BNO4S. The van der Waals surface area contributed by atoms with Crippen LogP contribution < -0.4 is 10.2 Å². The van der Waals surface area contributed by atoms with E-state index in [1.54, 1.807) is 0 Å². The molecule has 1 N–H and O–H groups in total. The molecule has 2 rings (SSSR count). The Morgan fingerprint density at radius 1 is 1.14 bits per heavy atom. The standard InChI is InChI=1S/C14H22BNO4S/c1-13(2)14(3,4)20-15(19-13)12-8-6-7-11(9-12)10-16-21(5,17)18/h6-9,16H,10H2,1-5H3. The van der Waals surface area contributed by atoms with Crippen molar-refractivity contribution < 1.29 is 17.7 Å². The highest BCUT2D eigenvalue weighted by Crippen LogP contribution is 2.36. The van der Waals surface area contributed by atoms with Gasteiger partial charge < -0.3 is 9.31 Å². The zero-order valence-electron chi connectivity index (χ0n) is 13.1. The monoisotopic (exact) mass is 311 g/mol. The second kappa shape index (κ2) is 5.39. The average molecular weight is 311 g/mol. The minimum Gasteiger partial charge on any atom is -0.399 e. The molecule has 1 aromatic rings. The largest absolute Gasteiger partial charge is 0.494 e. The van der Waals surface area contributed by atoms with Gasteiger partial charge in [-0.05, 0) is 38.7 Å². The van der Waals surface area contributed by atoms with Crippen LogP contribution >= 0.6 is 0 Å². The quantitative estimate of drug-likeness (QED) is 0.844. The predicted octanol–water partition coefficient (Wildman–Crippen LogP) is 1.03. The maximum atomic E-state index is 11.2. The Kier molecular flexibility index (Phi) is 4.23. The van der Waals surface area contributed by atoms with Gasteiger partial charge in [0.1, 0.15) is 0 Å². The third-order valence-corrected chi connectivity index (χ3v) is 4.68. The number of nitrogens with one attached hydrogen (secondary N) is 1. The first-order valence-electron chi connectivity index (χ1n) is 6.89. The van der Waals surface area contributed by atoms with E-state index in [0.717, 1.165) is 17.3 Å². The van der Waals surface area contributed by atoms with E-state index in [2.05, 4.69) is 4.72 Å². The van der Waals surface area contributed by atoms with Crippen LogP contribution in [0.1, 0.15) is 33.3 Å². The number of rotatable bonds is 4. The molecule has 0 aliphatic carbocycles. The van der Waals surface area contributed by atoms with E-state index < -0.39 is 28.3 Å². The molecule has 0 aromatic heterocycles. The van der Waals surface area contributed by atoms with E-state index in [9.17, 15) is 8.42 Å². The predicted molar refractivity (Wildman–Crippen MR) is 83.8 cm³/mol. The maximum absolute atomic E-state index is 11.2. The zero-order chi connectivity index (χ0) is 15.9. The van der Waals surface area contributed by atoms with Crippen molar-refractivity contribution in [2.45, 2.75) is 45.4 Å². The minimum atomic E-state index is -3.20. The lowest BCUT2D eigenvalue weighted by atomic mass is 9.78. The number of sulfonamides is 1. The Labute approximate surface area is 127 Å². The lowest BCUT2D eigenvalue weighted by molar-refractivity contribution is 0.00578. The normalized spacial score (nSPS) is 20.7. The highest BCUT2D eigenvalue weighted by Gasteiger charge is 2.51. The van der Waals surface area contributed by atoms with Crippen molar-refractivity contribution in [2.24, 2.45) is 0 Å². The molecule has 0 atom stereocenters. The molecule has 0 saturated carbocycles. The first kappa shape index (κ1) is 16.5.